The molecule has 0 fully saturated rings. The zero-order chi connectivity index (χ0) is 4.50. The van der Waals surface area contributed by atoms with Crippen molar-refractivity contribution in [3.05, 3.63) is 0 Å². The predicted molar refractivity (Wildman–Crippen MR) is 25.5 cm³/mol. The lowest BCUT2D eigenvalue weighted by Crippen LogP contribution is -1.71. The molecule has 0 saturated heterocycles. The van der Waals surface area contributed by atoms with Gasteiger partial charge in [0.2, 0.25) is 0 Å². The highest BCUT2D eigenvalue weighted by atomic mass is 35.9. The van der Waals surface area contributed by atoms with Crippen LogP contribution in [-0.2, 0) is 0 Å². The second-order valence-corrected chi connectivity index (χ2v) is 5.39. The molecule has 0 aromatic heterocycles. The van der Waals surface area contributed by atoms with Crippen molar-refractivity contribution in [2.24, 2.45) is 5.50 Å². The minimum atomic E-state index is -2.69. The molecule has 0 bridgehead atoms. The molecule has 0 aromatic carbocycles. The van der Waals surface area contributed by atoms with E-state index in [1.165, 1.54) is 0 Å². The van der Waals surface area contributed by atoms with E-state index in [2.05, 4.69) is 5.50 Å². The number of nitrogens with two attached hydrogens (primary N) is 1. The van der Waals surface area contributed by atoms with Crippen molar-refractivity contribution in [2.45, 2.75) is 0 Å². The molecule has 5 heavy (non-hydrogen) atoms. The summed E-state index contributed by atoms with van der Waals surface area (Å²) in [6.07, 6.45) is 0. The van der Waals surface area contributed by atoms with Gasteiger partial charge in [-0.05, 0) is 22.5 Å². The number of halogens is 2. The van der Waals surface area contributed by atoms with E-state index in [-0.39, 0.29) is 0 Å². The van der Waals surface area contributed by atoms with Gasteiger partial charge in [-0.2, -0.15) is 0 Å². The predicted octanol–water partition coefficient (Wildman–Crippen LogP) is 1.95. The van der Waals surface area contributed by atoms with E-state index in [4.69, 9.17) is 27.6 Å². The monoisotopic (exact) mass is 132 g/mol. The van der Waals surface area contributed by atoms with Crippen LogP contribution in [0.1, 0.15) is 0 Å². The molecule has 0 heterocycles. The Bertz CT molecular complexity index is 53.8. The summed E-state index contributed by atoms with van der Waals surface area (Å²) in [6.45, 7) is 0. The van der Waals surface area contributed by atoms with Gasteiger partial charge in [-0.1, -0.05) is 0 Å². The van der Waals surface area contributed by atoms with E-state index in [0.29, 0.717) is 0 Å². The van der Waals surface area contributed by atoms with Crippen LogP contribution in [0.5, 0.6) is 0 Å². The number of hydrogen-bond acceptors (Lipinski definition) is 1. The van der Waals surface area contributed by atoms with Gasteiger partial charge in [-0.25, -0.2) is 0 Å². The van der Waals surface area contributed by atoms with Crippen LogP contribution in [-0.4, -0.2) is 0 Å². The van der Waals surface area contributed by atoms with Gasteiger partial charge in [-0.3, -0.25) is 10.7 Å². The Morgan fingerprint density at radius 1 is 1.60 bits per heavy atom. The number of hydrogen-bond donors (Lipinski definition) is 2. The van der Waals surface area contributed by atoms with Crippen LogP contribution in [0.2, 0.25) is 0 Å². The van der Waals surface area contributed by atoms with Crippen LogP contribution < -0.4 is 5.50 Å². The highest BCUT2D eigenvalue weighted by Gasteiger charge is 1.91. The van der Waals surface area contributed by atoms with Crippen molar-refractivity contribution in [1.82, 2.24) is 0 Å². The second-order valence-electron chi connectivity index (χ2n) is 0.557. The molecule has 0 aliphatic rings. The molecule has 0 saturated carbocycles. The number of rotatable bonds is 0. The fraction of sp³-hybridized carbons (Fsp3) is 0. The molecule has 0 aromatic rings. The van der Waals surface area contributed by atoms with Crippen molar-refractivity contribution in [3.63, 3.8) is 0 Å². The van der Waals surface area contributed by atoms with Crippen molar-refractivity contribution >= 4 is 28.4 Å². The van der Waals surface area contributed by atoms with Crippen LogP contribution in [0.25, 0.3) is 0 Å². The van der Waals surface area contributed by atoms with Gasteiger partial charge >= 0.3 is 0 Å². The standard InChI is InChI=1S/Cl2H3N2P/c1-5(2,3)4/h(H3,3,4). The van der Waals surface area contributed by atoms with Crippen molar-refractivity contribution in [3.8, 4) is 0 Å². The normalized spacial score (nSPS) is 11.8. The first-order valence-electron chi connectivity index (χ1n) is 0.820. The van der Waals surface area contributed by atoms with Crippen LogP contribution in [0.3, 0.4) is 0 Å². The lowest BCUT2D eigenvalue weighted by molar-refractivity contribution is 1.61. The Labute approximate surface area is 39.7 Å². The molecule has 32 valence electrons. The Balaban J connectivity index is 3.47. The Morgan fingerprint density at radius 2 is 1.60 bits per heavy atom. The Kier molecular flexibility index (Phi) is 1.71. The quantitative estimate of drug-likeness (QED) is 0.487. The Hall–Kier alpha value is 0.770. The number of nitrogens with one attached hydrogen (secondary N) is 1. The smallest absolute Gasteiger partial charge is 0.197 e. The summed E-state index contributed by atoms with van der Waals surface area (Å²) in [6, 6.07) is 0. The summed E-state index contributed by atoms with van der Waals surface area (Å²) >= 11 is 9.70. The fourth-order valence-corrected chi connectivity index (χ4v) is 0. The van der Waals surface area contributed by atoms with Crippen molar-refractivity contribution < 1.29 is 0 Å². The van der Waals surface area contributed by atoms with Gasteiger partial charge in [-0.15, -0.1) is 0 Å². The Morgan fingerprint density at radius 3 is 1.60 bits per heavy atom. The summed E-state index contributed by atoms with van der Waals surface area (Å²) in [5.74, 6) is -2.69. The molecule has 0 rings (SSSR count). The topological polar surface area (TPSA) is 49.9 Å². The van der Waals surface area contributed by atoms with Crippen LogP contribution in [0.15, 0.2) is 0 Å². The second kappa shape index (κ2) is 1.48. The first-order valence-corrected chi connectivity index (χ1v) is 4.49. The third-order valence-corrected chi connectivity index (χ3v) is 0. The molecule has 0 aliphatic heterocycles. The van der Waals surface area contributed by atoms with Gasteiger partial charge in [0.15, 0.2) is 5.91 Å². The van der Waals surface area contributed by atoms with E-state index >= 15 is 0 Å². The molecule has 0 radical (unpaired) electrons. The summed E-state index contributed by atoms with van der Waals surface area (Å²) in [7, 11) is 0. The van der Waals surface area contributed by atoms with Crippen LogP contribution in [0, 0.1) is 5.16 Å². The molecule has 0 aliphatic carbocycles. The van der Waals surface area contributed by atoms with E-state index in [0.717, 1.165) is 0 Å². The van der Waals surface area contributed by atoms with Crippen molar-refractivity contribution in [2.75, 3.05) is 0 Å². The third-order valence-electron chi connectivity index (χ3n) is 0. The summed E-state index contributed by atoms with van der Waals surface area (Å²) < 4.78 is 0. The lowest BCUT2D eigenvalue weighted by Gasteiger charge is -1.85. The fourth-order valence-electron chi connectivity index (χ4n) is 0. The van der Waals surface area contributed by atoms with Crippen LogP contribution in [0.4, 0.5) is 0 Å². The van der Waals surface area contributed by atoms with E-state index < -0.39 is 5.91 Å². The largest absolute Gasteiger partial charge is 0.277 e. The molecule has 3 N–H and O–H groups in total. The zero-order valence-corrected chi connectivity index (χ0v) is 4.69. The van der Waals surface area contributed by atoms with Gasteiger partial charge in [0, 0.05) is 0 Å². The summed E-state index contributed by atoms with van der Waals surface area (Å²) in [5.41, 5.74) is 4.66. The average molecular weight is 133 g/mol. The molecule has 0 amide bonds. The summed E-state index contributed by atoms with van der Waals surface area (Å²) in [4.78, 5) is 0. The minimum Gasteiger partial charge on any atom is -0.277 e. The summed E-state index contributed by atoms with van der Waals surface area (Å²) in [5, 5.41) is 6.36. The molecule has 0 spiro atoms. The highest BCUT2D eigenvalue weighted by Crippen LogP contribution is 2.48. The van der Waals surface area contributed by atoms with E-state index in [1.54, 1.807) is 0 Å². The zero-order valence-electron chi connectivity index (χ0n) is 2.28. The minimum absolute atomic E-state index is 2.69. The molecule has 0 atom stereocenters. The third kappa shape index (κ3) is 61.7. The molecule has 0 unspecified atom stereocenters. The lowest BCUT2D eigenvalue weighted by atomic mass is 13.9. The SMILES string of the molecule is N=P(N)(Cl)Cl. The molecular weight excluding hydrogens is 130 g/mol. The van der Waals surface area contributed by atoms with E-state index in [1.807, 2.05) is 0 Å². The van der Waals surface area contributed by atoms with E-state index in [9.17, 15) is 0 Å². The maximum Gasteiger partial charge on any atom is 0.197 e. The maximum atomic E-state index is 6.36. The van der Waals surface area contributed by atoms with Gasteiger partial charge < -0.3 is 0 Å². The van der Waals surface area contributed by atoms with Gasteiger partial charge in [0.1, 0.15) is 0 Å². The molecular formula is H3Cl2N2P. The van der Waals surface area contributed by atoms with Crippen molar-refractivity contribution in [1.29, 1.82) is 5.16 Å². The van der Waals surface area contributed by atoms with Gasteiger partial charge in [0.05, 0.1) is 0 Å². The maximum absolute atomic E-state index is 6.36. The average Bonchev–Trinajstić information content (AvgIpc) is 0.722. The van der Waals surface area contributed by atoms with Crippen LogP contribution >= 0.6 is 28.4 Å². The highest BCUT2D eigenvalue weighted by molar-refractivity contribution is 8.07. The first-order chi connectivity index (χ1) is 2.00. The molecule has 2 nitrogen and oxygen atoms in total. The first kappa shape index (κ1) is 5.77. The molecule has 5 heteroatoms. The van der Waals surface area contributed by atoms with Gasteiger partial charge in [0.25, 0.3) is 0 Å².